The molecule has 4 aromatic rings. The van der Waals surface area contributed by atoms with Crippen LogP contribution in [0.1, 0.15) is 15.9 Å². The number of alkyl halides is 3. The zero-order valence-electron chi connectivity index (χ0n) is 15.4. The summed E-state index contributed by atoms with van der Waals surface area (Å²) in [7, 11) is 1.72. The summed E-state index contributed by atoms with van der Waals surface area (Å²) in [5.74, 6) is 0.481. The van der Waals surface area contributed by atoms with Crippen LogP contribution in [0.25, 0.3) is 17.2 Å². The molecule has 0 unspecified atom stereocenters. The first kappa shape index (κ1) is 20.4. The molecule has 0 atom stereocenters. The van der Waals surface area contributed by atoms with Crippen molar-refractivity contribution in [3.05, 3.63) is 64.9 Å². The van der Waals surface area contributed by atoms with Gasteiger partial charge in [-0.15, -0.1) is 10.2 Å². The van der Waals surface area contributed by atoms with E-state index in [1.165, 1.54) is 28.6 Å². The molecule has 0 bridgehead atoms. The van der Waals surface area contributed by atoms with Gasteiger partial charge in [-0.2, -0.15) is 13.2 Å². The van der Waals surface area contributed by atoms with Crippen molar-refractivity contribution in [3.8, 4) is 11.5 Å². The number of imidazole rings is 1. The number of thioether (sulfide) groups is 1. The maximum atomic E-state index is 12.9. The van der Waals surface area contributed by atoms with Crippen LogP contribution >= 0.6 is 23.4 Å². The van der Waals surface area contributed by atoms with E-state index >= 15 is 0 Å². The van der Waals surface area contributed by atoms with Gasteiger partial charge in [-0.25, -0.2) is 4.98 Å². The van der Waals surface area contributed by atoms with Crippen LogP contribution in [-0.2, 0) is 13.2 Å². The molecule has 0 aliphatic carbocycles. The van der Waals surface area contributed by atoms with Crippen LogP contribution in [-0.4, -0.2) is 35.7 Å². The fraction of sp³-hybridized carbons (Fsp3) is 0.158. The van der Waals surface area contributed by atoms with Crippen molar-refractivity contribution in [1.29, 1.82) is 0 Å². The number of carbonyl (C=O) groups is 1. The fourth-order valence-electron chi connectivity index (χ4n) is 2.84. The van der Waals surface area contributed by atoms with Crippen molar-refractivity contribution >= 4 is 34.8 Å². The van der Waals surface area contributed by atoms with Gasteiger partial charge < -0.3 is 4.57 Å². The zero-order chi connectivity index (χ0) is 21.5. The first-order valence-corrected chi connectivity index (χ1v) is 9.96. The highest BCUT2D eigenvalue weighted by molar-refractivity contribution is 7.99. The second-order valence-corrected chi connectivity index (χ2v) is 7.75. The minimum atomic E-state index is -4.45. The van der Waals surface area contributed by atoms with E-state index in [0.29, 0.717) is 27.3 Å². The van der Waals surface area contributed by atoms with Gasteiger partial charge >= 0.3 is 6.18 Å². The number of pyridine rings is 1. The van der Waals surface area contributed by atoms with Crippen molar-refractivity contribution in [2.75, 3.05) is 5.75 Å². The molecule has 0 amide bonds. The molecule has 154 valence electrons. The number of Topliss-reactive ketones (excluding diaryl/α,β-unsaturated/α-hetero) is 1. The van der Waals surface area contributed by atoms with Gasteiger partial charge in [0.25, 0.3) is 0 Å². The average molecular weight is 452 g/mol. The summed E-state index contributed by atoms with van der Waals surface area (Å²) in [6.45, 7) is 0. The Morgan fingerprint density at radius 2 is 1.90 bits per heavy atom. The molecule has 3 heterocycles. The van der Waals surface area contributed by atoms with E-state index in [1.807, 2.05) is 0 Å². The number of hydrogen-bond donors (Lipinski definition) is 0. The highest BCUT2D eigenvalue weighted by Gasteiger charge is 2.31. The Balaban J connectivity index is 1.56. The second kappa shape index (κ2) is 7.77. The summed E-state index contributed by atoms with van der Waals surface area (Å²) in [4.78, 5) is 16.4. The highest BCUT2D eigenvalue weighted by atomic mass is 35.5. The van der Waals surface area contributed by atoms with Gasteiger partial charge in [0.2, 0.25) is 0 Å². The molecular weight excluding hydrogens is 439 g/mol. The molecule has 0 spiro atoms. The molecular formula is C19H13ClF3N5OS. The lowest BCUT2D eigenvalue weighted by Crippen LogP contribution is -2.06. The topological polar surface area (TPSA) is 65.1 Å². The number of nitrogens with zero attached hydrogens (tertiary/aromatic N) is 5. The quantitative estimate of drug-likeness (QED) is 0.323. The van der Waals surface area contributed by atoms with Crippen LogP contribution < -0.4 is 0 Å². The number of ketones is 1. The molecule has 0 N–H and O–H groups in total. The van der Waals surface area contributed by atoms with Crippen LogP contribution in [0.4, 0.5) is 13.2 Å². The van der Waals surface area contributed by atoms with Gasteiger partial charge in [0.15, 0.2) is 16.8 Å². The van der Waals surface area contributed by atoms with Crippen LogP contribution in [0, 0.1) is 0 Å². The number of hydrogen-bond acceptors (Lipinski definition) is 5. The Hall–Kier alpha value is -2.85. The molecule has 0 fully saturated rings. The monoisotopic (exact) mass is 451 g/mol. The molecule has 0 radical (unpaired) electrons. The maximum absolute atomic E-state index is 12.9. The van der Waals surface area contributed by atoms with E-state index in [0.717, 1.165) is 12.1 Å². The number of halogens is 4. The van der Waals surface area contributed by atoms with Crippen LogP contribution in [0.3, 0.4) is 0 Å². The molecule has 4 rings (SSSR count). The van der Waals surface area contributed by atoms with Crippen molar-refractivity contribution < 1.29 is 18.0 Å². The molecule has 3 aromatic heterocycles. The number of rotatable bonds is 5. The third kappa shape index (κ3) is 3.92. The third-order valence-corrected chi connectivity index (χ3v) is 5.68. The SMILES string of the molecule is Cn1c(SCC(=O)c2ccc(Cl)cc2)nnc1-c1cnc2cc(C(F)(F)F)ccn12. The summed E-state index contributed by atoms with van der Waals surface area (Å²) in [5.41, 5.74) is 0.401. The lowest BCUT2D eigenvalue weighted by Gasteiger charge is -2.07. The molecule has 0 saturated carbocycles. The lowest BCUT2D eigenvalue weighted by molar-refractivity contribution is -0.137. The van der Waals surface area contributed by atoms with Gasteiger partial charge in [0, 0.05) is 23.8 Å². The maximum Gasteiger partial charge on any atom is 0.416 e. The van der Waals surface area contributed by atoms with Crippen molar-refractivity contribution in [3.63, 3.8) is 0 Å². The van der Waals surface area contributed by atoms with E-state index in [9.17, 15) is 18.0 Å². The van der Waals surface area contributed by atoms with Crippen LogP contribution in [0.2, 0.25) is 5.02 Å². The predicted molar refractivity (Wildman–Crippen MR) is 107 cm³/mol. The highest BCUT2D eigenvalue weighted by Crippen LogP contribution is 2.31. The van der Waals surface area contributed by atoms with Crippen LogP contribution in [0.15, 0.2) is 53.9 Å². The summed E-state index contributed by atoms with van der Waals surface area (Å²) in [6, 6.07) is 8.56. The van der Waals surface area contributed by atoms with Crippen molar-refractivity contribution in [2.45, 2.75) is 11.3 Å². The van der Waals surface area contributed by atoms with Gasteiger partial charge in [0.05, 0.1) is 17.5 Å². The average Bonchev–Trinajstić information content (AvgIpc) is 3.28. The molecule has 0 aliphatic rings. The smallest absolute Gasteiger partial charge is 0.304 e. The normalized spacial score (nSPS) is 11.9. The molecule has 30 heavy (non-hydrogen) atoms. The van der Waals surface area contributed by atoms with E-state index in [1.54, 1.807) is 35.9 Å². The minimum Gasteiger partial charge on any atom is -0.304 e. The predicted octanol–water partition coefficient (Wildman–Crippen LogP) is 4.78. The first-order valence-electron chi connectivity index (χ1n) is 8.59. The Morgan fingerprint density at radius 1 is 1.17 bits per heavy atom. The van der Waals surface area contributed by atoms with Gasteiger partial charge in [-0.1, -0.05) is 23.4 Å². The van der Waals surface area contributed by atoms with Crippen LogP contribution in [0.5, 0.6) is 0 Å². The number of benzene rings is 1. The summed E-state index contributed by atoms with van der Waals surface area (Å²) < 4.78 is 41.9. The van der Waals surface area contributed by atoms with Gasteiger partial charge in [-0.3, -0.25) is 9.20 Å². The molecule has 6 nitrogen and oxygen atoms in total. The van der Waals surface area contributed by atoms with Crippen molar-refractivity contribution in [1.82, 2.24) is 24.1 Å². The Labute approximate surface area is 177 Å². The number of fused-ring (bicyclic) bond motifs is 1. The van der Waals surface area contributed by atoms with Gasteiger partial charge in [-0.05, 0) is 36.4 Å². The summed E-state index contributed by atoms with van der Waals surface area (Å²) in [6.07, 6.45) is -1.71. The fourth-order valence-corrected chi connectivity index (χ4v) is 3.77. The molecule has 11 heteroatoms. The Bertz CT molecular complexity index is 1230. The van der Waals surface area contributed by atoms with E-state index in [4.69, 9.17) is 11.6 Å². The Morgan fingerprint density at radius 3 is 2.60 bits per heavy atom. The minimum absolute atomic E-state index is 0.0873. The second-order valence-electron chi connectivity index (χ2n) is 6.37. The number of aromatic nitrogens is 5. The van der Waals surface area contributed by atoms with Gasteiger partial charge in [0.1, 0.15) is 11.3 Å². The zero-order valence-corrected chi connectivity index (χ0v) is 17.0. The van der Waals surface area contributed by atoms with E-state index in [2.05, 4.69) is 15.2 Å². The van der Waals surface area contributed by atoms with E-state index < -0.39 is 11.7 Å². The largest absolute Gasteiger partial charge is 0.416 e. The molecule has 1 aromatic carbocycles. The van der Waals surface area contributed by atoms with E-state index in [-0.39, 0.29) is 17.2 Å². The van der Waals surface area contributed by atoms with Crippen molar-refractivity contribution in [2.24, 2.45) is 7.05 Å². The molecule has 0 saturated heterocycles. The first-order chi connectivity index (χ1) is 14.2. The summed E-state index contributed by atoms with van der Waals surface area (Å²) >= 11 is 7.05. The molecule has 0 aliphatic heterocycles. The lowest BCUT2D eigenvalue weighted by atomic mass is 10.1. The third-order valence-electron chi connectivity index (χ3n) is 4.40. The number of carbonyl (C=O) groups excluding carboxylic acids is 1. The standard InChI is InChI=1S/C19H13ClF3N5OS/c1-27-17(14-9-24-16-8-12(19(21,22)23)6-7-28(14)16)25-26-18(27)30-10-15(29)11-2-4-13(20)5-3-11/h2-9H,10H2,1H3. The summed E-state index contributed by atoms with van der Waals surface area (Å²) in [5, 5.41) is 9.26. The Kier molecular flexibility index (Phi) is 5.29.